The summed E-state index contributed by atoms with van der Waals surface area (Å²) in [7, 11) is 0. The summed E-state index contributed by atoms with van der Waals surface area (Å²) >= 11 is 5.89. The molecule has 0 amide bonds. The molecule has 2 aliphatic heterocycles. The largest absolute Gasteiger partial charge is 0.371 e. The van der Waals surface area contributed by atoms with Gasteiger partial charge in [0.25, 0.3) is 0 Å². The molecule has 1 spiro atoms. The summed E-state index contributed by atoms with van der Waals surface area (Å²) in [6.07, 6.45) is 1.91. The van der Waals surface area contributed by atoms with Crippen LogP contribution in [-0.2, 0) is 6.54 Å². The molecule has 2 aliphatic rings. The van der Waals surface area contributed by atoms with Crippen LogP contribution < -0.4 is 16.0 Å². The molecule has 130 valence electrons. The SMILES string of the molecule is Fc1ccc(CNC2=Nc3ccccc3NC23CCNCC3)cc1Cl. The highest BCUT2D eigenvalue weighted by atomic mass is 35.5. The second kappa shape index (κ2) is 6.65. The van der Waals surface area contributed by atoms with Crippen LogP contribution in [-0.4, -0.2) is 24.5 Å². The lowest BCUT2D eigenvalue weighted by molar-refractivity contribution is 0.412. The highest BCUT2D eigenvalue weighted by molar-refractivity contribution is 6.30. The molecule has 3 N–H and O–H groups in total. The van der Waals surface area contributed by atoms with E-state index in [-0.39, 0.29) is 10.6 Å². The number of nitrogens with one attached hydrogen (secondary N) is 3. The van der Waals surface area contributed by atoms with Crippen molar-refractivity contribution in [3.8, 4) is 0 Å². The number of piperidine rings is 1. The van der Waals surface area contributed by atoms with Crippen LogP contribution >= 0.6 is 11.6 Å². The first-order valence-corrected chi connectivity index (χ1v) is 8.89. The molecule has 4 rings (SSSR count). The van der Waals surface area contributed by atoms with Gasteiger partial charge in [-0.2, -0.15) is 0 Å². The van der Waals surface area contributed by atoms with E-state index in [2.05, 4.69) is 22.0 Å². The van der Waals surface area contributed by atoms with Gasteiger partial charge < -0.3 is 16.0 Å². The van der Waals surface area contributed by atoms with E-state index >= 15 is 0 Å². The monoisotopic (exact) mass is 358 g/mol. The number of hydrogen-bond donors (Lipinski definition) is 3. The van der Waals surface area contributed by atoms with Crippen LogP contribution in [0, 0.1) is 5.82 Å². The van der Waals surface area contributed by atoms with Gasteiger partial charge in [-0.1, -0.05) is 29.8 Å². The van der Waals surface area contributed by atoms with Crippen LogP contribution in [0.2, 0.25) is 5.02 Å². The van der Waals surface area contributed by atoms with Crippen molar-refractivity contribution in [1.29, 1.82) is 0 Å². The van der Waals surface area contributed by atoms with Crippen molar-refractivity contribution in [3.63, 3.8) is 0 Å². The topological polar surface area (TPSA) is 48.5 Å². The lowest BCUT2D eigenvalue weighted by Gasteiger charge is -2.43. The van der Waals surface area contributed by atoms with Crippen molar-refractivity contribution in [2.75, 3.05) is 18.4 Å². The number of para-hydroxylation sites is 2. The van der Waals surface area contributed by atoms with Gasteiger partial charge in [0.05, 0.1) is 21.9 Å². The second-order valence-corrected chi connectivity index (χ2v) is 6.94. The van der Waals surface area contributed by atoms with Gasteiger partial charge in [-0.05, 0) is 55.8 Å². The maximum atomic E-state index is 13.4. The molecule has 2 heterocycles. The lowest BCUT2D eigenvalue weighted by atomic mass is 9.85. The third-order valence-corrected chi connectivity index (χ3v) is 5.15. The average molecular weight is 359 g/mol. The fraction of sp³-hybridized carbons (Fsp3) is 0.316. The number of anilines is 1. The van der Waals surface area contributed by atoms with E-state index in [1.54, 1.807) is 12.1 Å². The van der Waals surface area contributed by atoms with Gasteiger partial charge >= 0.3 is 0 Å². The zero-order chi connectivity index (χ0) is 17.3. The Kier molecular flexibility index (Phi) is 4.36. The Bertz CT molecular complexity index is 815. The van der Waals surface area contributed by atoms with Crippen LogP contribution in [0.4, 0.5) is 15.8 Å². The van der Waals surface area contributed by atoms with Gasteiger partial charge in [0, 0.05) is 6.54 Å². The van der Waals surface area contributed by atoms with Gasteiger partial charge in [-0.25, -0.2) is 9.38 Å². The van der Waals surface area contributed by atoms with Crippen molar-refractivity contribution in [3.05, 3.63) is 58.9 Å². The fourth-order valence-electron chi connectivity index (χ4n) is 3.48. The van der Waals surface area contributed by atoms with E-state index in [0.29, 0.717) is 6.54 Å². The maximum Gasteiger partial charge on any atom is 0.141 e. The van der Waals surface area contributed by atoms with Crippen molar-refractivity contribution in [2.24, 2.45) is 4.99 Å². The third-order valence-electron chi connectivity index (χ3n) is 4.86. The van der Waals surface area contributed by atoms with Gasteiger partial charge in [0.15, 0.2) is 0 Å². The molecule has 0 unspecified atom stereocenters. The molecule has 0 saturated carbocycles. The molecule has 0 bridgehead atoms. The van der Waals surface area contributed by atoms with E-state index in [1.165, 1.54) is 6.07 Å². The number of aliphatic imine (C=N–C) groups is 1. The summed E-state index contributed by atoms with van der Waals surface area (Å²) in [5, 5.41) is 10.7. The van der Waals surface area contributed by atoms with Crippen molar-refractivity contribution < 1.29 is 4.39 Å². The zero-order valence-electron chi connectivity index (χ0n) is 13.8. The molecule has 0 atom stereocenters. The fourth-order valence-corrected chi connectivity index (χ4v) is 3.68. The number of benzene rings is 2. The summed E-state index contributed by atoms with van der Waals surface area (Å²) in [5.41, 5.74) is 2.74. The average Bonchev–Trinajstić information content (AvgIpc) is 2.63. The van der Waals surface area contributed by atoms with Crippen LogP contribution in [0.15, 0.2) is 47.5 Å². The summed E-state index contributed by atoms with van der Waals surface area (Å²) in [6, 6.07) is 12.9. The molecule has 25 heavy (non-hydrogen) atoms. The minimum Gasteiger partial charge on any atom is -0.371 e. The van der Waals surface area contributed by atoms with E-state index < -0.39 is 5.82 Å². The molecule has 4 nitrogen and oxygen atoms in total. The highest BCUT2D eigenvalue weighted by Crippen LogP contribution is 2.36. The normalized spacial score (nSPS) is 18.2. The quantitative estimate of drug-likeness (QED) is 0.764. The summed E-state index contributed by atoms with van der Waals surface area (Å²) in [4.78, 5) is 4.89. The predicted octanol–water partition coefficient (Wildman–Crippen LogP) is 3.85. The van der Waals surface area contributed by atoms with Crippen LogP contribution in [0.25, 0.3) is 0 Å². The first kappa shape index (κ1) is 16.4. The molecule has 0 aliphatic carbocycles. The van der Waals surface area contributed by atoms with Crippen molar-refractivity contribution in [2.45, 2.75) is 24.9 Å². The van der Waals surface area contributed by atoms with Gasteiger partial charge in [0.1, 0.15) is 11.7 Å². The Morgan fingerprint density at radius 2 is 1.96 bits per heavy atom. The molecule has 0 radical (unpaired) electrons. The molecule has 1 saturated heterocycles. The van der Waals surface area contributed by atoms with Crippen LogP contribution in [0.3, 0.4) is 0 Å². The maximum absolute atomic E-state index is 13.4. The molecular weight excluding hydrogens is 339 g/mol. The second-order valence-electron chi connectivity index (χ2n) is 6.54. The van der Waals surface area contributed by atoms with E-state index in [1.807, 2.05) is 18.2 Å². The first-order valence-electron chi connectivity index (χ1n) is 8.51. The number of halogens is 2. The van der Waals surface area contributed by atoms with Crippen molar-refractivity contribution >= 4 is 28.8 Å². The van der Waals surface area contributed by atoms with Gasteiger partial charge in [0.2, 0.25) is 0 Å². The van der Waals surface area contributed by atoms with Gasteiger partial charge in [-0.3, -0.25) is 0 Å². The number of rotatable bonds is 2. The number of hydrogen-bond acceptors (Lipinski definition) is 4. The summed E-state index contributed by atoms with van der Waals surface area (Å²) in [5.74, 6) is 0.541. The highest BCUT2D eigenvalue weighted by Gasteiger charge is 2.40. The lowest BCUT2D eigenvalue weighted by Crippen LogP contribution is -2.58. The summed E-state index contributed by atoms with van der Waals surface area (Å²) < 4.78 is 13.4. The Balaban J connectivity index is 1.62. The number of fused-ring (bicyclic) bond motifs is 1. The Morgan fingerprint density at radius 3 is 2.76 bits per heavy atom. The number of amidine groups is 1. The Hall–Kier alpha value is -2.11. The zero-order valence-corrected chi connectivity index (χ0v) is 14.5. The molecule has 2 aromatic carbocycles. The Morgan fingerprint density at radius 1 is 1.16 bits per heavy atom. The van der Waals surface area contributed by atoms with E-state index in [9.17, 15) is 4.39 Å². The number of nitrogens with zero attached hydrogens (tertiary/aromatic N) is 1. The van der Waals surface area contributed by atoms with Gasteiger partial charge in [-0.15, -0.1) is 0 Å². The Labute approximate surface area is 151 Å². The molecular formula is C19H20ClFN4. The summed E-state index contributed by atoms with van der Waals surface area (Å²) in [6.45, 7) is 2.44. The first-order chi connectivity index (χ1) is 12.2. The smallest absolute Gasteiger partial charge is 0.141 e. The minimum absolute atomic E-state index is 0.143. The predicted molar refractivity (Wildman–Crippen MR) is 100 cm³/mol. The molecule has 6 heteroatoms. The molecule has 1 fully saturated rings. The minimum atomic E-state index is -0.397. The standard InChI is InChI=1S/C19H20ClFN4/c20-14-11-13(5-6-15(14)21)12-23-18-19(7-9-22-10-8-19)25-17-4-2-1-3-16(17)24-18/h1-6,11,22,25H,7-10,12H2,(H,23,24). The van der Waals surface area contributed by atoms with Crippen LogP contribution in [0.5, 0.6) is 0 Å². The van der Waals surface area contributed by atoms with Crippen molar-refractivity contribution in [1.82, 2.24) is 10.6 Å². The molecule has 0 aromatic heterocycles. The molecule has 2 aromatic rings. The van der Waals surface area contributed by atoms with E-state index in [0.717, 1.165) is 48.7 Å². The van der Waals surface area contributed by atoms with Crippen LogP contribution in [0.1, 0.15) is 18.4 Å². The third kappa shape index (κ3) is 3.22. The van der Waals surface area contributed by atoms with E-state index in [4.69, 9.17) is 16.6 Å².